The first-order valence-electron chi connectivity index (χ1n) is 10.3. The molecule has 1 unspecified atom stereocenters. The zero-order chi connectivity index (χ0) is 18.9. The summed E-state index contributed by atoms with van der Waals surface area (Å²) in [5.74, 6) is 2.20. The lowest BCUT2D eigenvalue weighted by Crippen LogP contribution is -2.42. The molecule has 2 aliphatic rings. The second-order valence-corrected chi connectivity index (χ2v) is 8.96. The van der Waals surface area contributed by atoms with Gasteiger partial charge in [0.15, 0.2) is 0 Å². The minimum atomic E-state index is 0.239. The van der Waals surface area contributed by atoms with Crippen molar-refractivity contribution in [2.24, 2.45) is 11.3 Å². The van der Waals surface area contributed by atoms with Crippen LogP contribution in [-0.2, 0) is 6.54 Å². The van der Waals surface area contributed by atoms with Gasteiger partial charge in [-0.25, -0.2) is 0 Å². The van der Waals surface area contributed by atoms with Crippen LogP contribution in [0.4, 0.5) is 0 Å². The molecule has 1 spiro atoms. The molecule has 1 aromatic heterocycles. The molecule has 2 aliphatic heterocycles. The number of aromatic nitrogens is 2. The Labute approximate surface area is 162 Å². The third kappa shape index (κ3) is 4.25. The maximum absolute atomic E-state index is 5.87. The molecule has 3 heterocycles. The van der Waals surface area contributed by atoms with Gasteiger partial charge in [-0.15, -0.1) is 10.2 Å². The van der Waals surface area contributed by atoms with Crippen molar-refractivity contribution in [1.29, 1.82) is 0 Å². The van der Waals surface area contributed by atoms with Crippen LogP contribution in [0.3, 0.4) is 0 Å². The highest BCUT2D eigenvalue weighted by Crippen LogP contribution is 2.49. The molecule has 0 N–H and O–H groups in total. The zero-order valence-electron chi connectivity index (χ0n) is 16.9. The van der Waals surface area contributed by atoms with Gasteiger partial charge in [-0.3, -0.25) is 4.90 Å². The van der Waals surface area contributed by atoms with Gasteiger partial charge < -0.3 is 9.32 Å². The summed E-state index contributed by atoms with van der Waals surface area (Å²) in [6.07, 6.45) is 3.68. The molecule has 2 saturated heterocycles. The van der Waals surface area contributed by atoms with Crippen LogP contribution in [0.25, 0.3) is 0 Å². The van der Waals surface area contributed by atoms with E-state index in [9.17, 15) is 0 Å². The SMILES string of the molecule is Cc1nnc(C2CC3(CCN(CC(C)C)CC3)CN2Cc2ccccc2)o1. The Morgan fingerprint density at radius 2 is 1.89 bits per heavy atom. The average Bonchev–Trinajstić information content (AvgIpc) is 3.22. The fourth-order valence-electron chi connectivity index (χ4n) is 4.91. The van der Waals surface area contributed by atoms with Crippen LogP contribution >= 0.6 is 0 Å². The van der Waals surface area contributed by atoms with Gasteiger partial charge in [0.25, 0.3) is 0 Å². The number of rotatable bonds is 5. The summed E-state index contributed by atoms with van der Waals surface area (Å²) in [5, 5.41) is 8.48. The molecule has 27 heavy (non-hydrogen) atoms. The molecule has 0 radical (unpaired) electrons. The summed E-state index contributed by atoms with van der Waals surface area (Å²) in [6.45, 7) is 12.2. The first-order valence-corrected chi connectivity index (χ1v) is 10.3. The molecular formula is C22H32N4O. The Bertz CT molecular complexity index is 734. The standard InChI is InChI=1S/C22H32N4O/c1-17(2)14-25-11-9-22(10-12-25)13-20(21-24-23-18(3)27-21)26(16-22)15-19-7-5-4-6-8-19/h4-8,17,20H,9-16H2,1-3H3. The van der Waals surface area contributed by atoms with Crippen LogP contribution in [0.5, 0.6) is 0 Å². The second-order valence-electron chi connectivity index (χ2n) is 8.96. The van der Waals surface area contributed by atoms with E-state index in [1.54, 1.807) is 0 Å². The van der Waals surface area contributed by atoms with E-state index in [1.165, 1.54) is 38.0 Å². The number of hydrogen-bond donors (Lipinski definition) is 0. The summed E-state index contributed by atoms with van der Waals surface area (Å²) < 4.78 is 5.87. The number of piperidine rings is 1. The van der Waals surface area contributed by atoms with E-state index in [2.05, 4.69) is 64.2 Å². The largest absolute Gasteiger partial charge is 0.424 e. The number of likely N-dealkylation sites (tertiary alicyclic amines) is 2. The van der Waals surface area contributed by atoms with Crippen LogP contribution in [0.2, 0.25) is 0 Å². The van der Waals surface area contributed by atoms with Gasteiger partial charge in [-0.05, 0) is 49.2 Å². The number of hydrogen-bond acceptors (Lipinski definition) is 5. The quantitative estimate of drug-likeness (QED) is 0.796. The Balaban J connectivity index is 1.51. The topological polar surface area (TPSA) is 45.4 Å². The van der Waals surface area contributed by atoms with Gasteiger partial charge >= 0.3 is 0 Å². The number of aryl methyl sites for hydroxylation is 1. The highest BCUT2D eigenvalue weighted by molar-refractivity contribution is 5.16. The molecule has 1 aromatic carbocycles. The molecule has 5 nitrogen and oxygen atoms in total. The first kappa shape index (κ1) is 18.6. The van der Waals surface area contributed by atoms with Crippen molar-refractivity contribution in [2.75, 3.05) is 26.2 Å². The maximum Gasteiger partial charge on any atom is 0.233 e. The van der Waals surface area contributed by atoms with Crippen LogP contribution in [0.15, 0.2) is 34.7 Å². The van der Waals surface area contributed by atoms with Gasteiger partial charge in [0.2, 0.25) is 11.8 Å². The van der Waals surface area contributed by atoms with Crippen molar-refractivity contribution >= 4 is 0 Å². The lowest BCUT2D eigenvalue weighted by Gasteiger charge is -2.40. The van der Waals surface area contributed by atoms with Crippen molar-refractivity contribution < 1.29 is 4.42 Å². The Morgan fingerprint density at radius 1 is 1.15 bits per heavy atom. The predicted molar refractivity (Wildman–Crippen MR) is 106 cm³/mol. The minimum Gasteiger partial charge on any atom is -0.424 e. The Morgan fingerprint density at radius 3 is 2.52 bits per heavy atom. The first-order chi connectivity index (χ1) is 13.0. The molecule has 5 heteroatoms. The fourth-order valence-corrected chi connectivity index (χ4v) is 4.91. The highest BCUT2D eigenvalue weighted by Gasteiger charge is 2.47. The lowest BCUT2D eigenvalue weighted by molar-refractivity contribution is 0.0983. The van der Waals surface area contributed by atoms with Crippen molar-refractivity contribution in [3.63, 3.8) is 0 Å². The molecular weight excluding hydrogens is 336 g/mol. The lowest BCUT2D eigenvalue weighted by atomic mass is 9.76. The smallest absolute Gasteiger partial charge is 0.233 e. The van der Waals surface area contributed by atoms with E-state index in [4.69, 9.17) is 4.42 Å². The van der Waals surface area contributed by atoms with Gasteiger partial charge in [0.1, 0.15) is 0 Å². The fraction of sp³-hybridized carbons (Fsp3) is 0.636. The van der Waals surface area contributed by atoms with Crippen LogP contribution in [0.1, 0.15) is 56.5 Å². The van der Waals surface area contributed by atoms with Gasteiger partial charge in [0, 0.05) is 26.6 Å². The van der Waals surface area contributed by atoms with Crippen molar-refractivity contribution in [1.82, 2.24) is 20.0 Å². The summed E-state index contributed by atoms with van der Waals surface area (Å²) in [7, 11) is 0. The van der Waals surface area contributed by atoms with Gasteiger partial charge in [-0.2, -0.15) is 0 Å². The van der Waals surface area contributed by atoms with Crippen molar-refractivity contribution in [3.8, 4) is 0 Å². The van der Waals surface area contributed by atoms with Gasteiger partial charge in [0.05, 0.1) is 6.04 Å². The maximum atomic E-state index is 5.87. The van der Waals surface area contributed by atoms with E-state index in [0.717, 1.165) is 31.3 Å². The predicted octanol–water partition coefficient (Wildman–Crippen LogP) is 4.06. The molecule has 0 bridgehead atoms. The zero-order valence-corrected chi connectivity index (χ0v) is 16.9. The highest BCUT2D eigenvalue weighted by atomic mass is 16.4. The van der Waals surface area contributed by atoms with E-state index in [0.29, 0.717) is 11.3 Å². The second kappa shape index (κ2) is 7.72. The minimum absolute atomic E-state index is 0.239. The molecule has 4 rings (SSSR count). The summed E-state index contributed by atoms with van der Waals surface area (Å²) in [4.78, 5) is 5.21. The molecule has 146 valence electrons. The number of benzene rings is 1. The molecule has 1 atom stereocenters. The van der Waals surface area contributed by atoms with Crippen LogP contribution < -0.4 is 0 Å². The normalized spacial score (nSPS) is 23.5. The monoisotopic (exact) mass is 368 g/mol. The van der Waals surface area contributed by atoms with Crippen molar-refractivity contribution in [2.45, 2.75) is 52.6 Å². The summed E-state index contributed by atoms with van der Waals surface area (Å²) in [5.41, 5.74) is 1.74. The van der Waals surface area contributed by atoms with Crippen molar-refractivity contribution in [3.05, 3.63) is 47.7 Å². The third-order valence-electron chi connectivity index (χ3n) is 6.20. The van der Waals surface area contributed by atoms with Crippen LogP contribution in [0, 0.1) is 18.3 Å². The molecule has 0 saturated carbocycles. The van der Waals surface area contributed by atoms with Gasteiger partial charge in [-0.1, -0.05) is 44.2 Å². The molecule has 2 aromatic rings. The Hall–Kier alpha value is -1.72. The summed E-state index contributed by atoms with van der Waals surface area (Å²) in [6, 6.07) is 11.0. The number of nitrogens with zero attached hydrogens (tertiary/aromatic N) is 4. The van der Waals surface area contributed by atoms with E-state index in [1.807, 2.05) is 6.92 Å². The van der Waals surface area contributed by atoms with E-state index >= 15 is 0 Å². The van der Waals surface area contributed by atoms with E-state index < -0.39 is 0 Å². The van der Waals surface area contributed by atoms with Crippen LogP contribution in [-0.4, -0.2) is 46.2 Å². The molecule has 2 fully saturated rings. The van der Waals surface area contributed by atoms with E-state index in [-0.39, 0.29) is 6.04 Å². The average molecular weight is 369 g/mol. The third-order valence-corrected chi connectivity index (χ3v) is 6.20. The molecule has 0 aliphatic carbocycles. The molecule has 0 amide bonds. The Kier molecular flexibility index (Phi) is 5.33. The summed E-state index contributed by atoms with van der Waals surface area (Å²) >= 11 is 0.